The minimum atomic E-state index is -1.68. The van der Waals surface area contributed by atoms with E-state index in [1.165, 1.54) is 10.9 Å². The maximum absolute atomic E-state index is 13.4. The lowest BCUT2D eigenvalue weighted by atomic mass is 10.3. The number of nitrogens with zero attached hydrogens (tertiary/aromatic N) is 3. The van der Waals surface area contributed by atoms with Crippen LogP contribution in [0.3, 0.4) is 0 Å². The summed E-state index contributed by atoms with van der Waals surface area (Å²) in [6.07, 6.45) is 1.18. The number of aromatic carboxylic acids is 1. The Morgan fingerprint density at radius 1 is 1.40 bits per heavy atom. The van der Waals surface area contributed by atoms with Crippen LogP contribution in [0.5, 0.6) is 0 Å². The van der Waals surface area contributed by atoms with Crippen LogP contribution in [0.25, 0.3) is 0 Å². The van der Waals surface area contributed by atoms with Gasteiger partial charge >= 0.3 is 5.97 Å². The molecule has 0 amide bonds. The van der Waals surface area contributed by atoms with Crippen molar-refractivity contribution in [1.29, 1.82) is 0 Å². The first-order chi connectivity index (χ1) is 9.47. The number of hydrogen-bond acceptors (Lipinski definition) is 4. The quantitative estimate of drug-likeness (QED) is 0.892. The summed E-state index contributed by atoms with van der Waals surface area (Å²) in [5.74, 6) is -2.84. The van der Waals surface area contributed by atoms with Gasteiger partial charge in [-0.3, -0.25) is 8.89 Å². The zero-order chi connectivity index (χ0) is 14.7. The molecule has 0 saturated heterocycles. The number of halogens is 2. The van der Waals surface area contributed by atoms with Crippen molar-refractivity contribution in [1.82, 2.24) is 15.0 Å². The molecule has 1 heterocycles. The van der Waals surface area contributed by atoms with Gasteiger partial charge in [0.25, 0.3) is 0 Å². The highest BCUT2D eigenvalue weighted by Gasteiger charge is 2.13. The molecule has 0 aliphatic carbocycles. The lowest BCUT2D eigenvalue weighted by Crippen LogP contribution is -2.09. The van der Waals surface area contributed by atoms with E-state index in [1.807, 2.05) is 0 Å². The summed E-state index contributed by atoms with van der Waals surface area (Å²) in [6.45, 7) is 0.101. The van der Waals surface area contributed by atoms with E-state index in [0.717, 1.165) is 12.1 Å². The zero-order valence-electron chi connectivity index (χ0n) is 9.99. The van der Waals surface area contributed by atoms with E-state index >= 15 is 0 Å². The molecule has 6 nitrogen and oxygen atoms in total. The largest absolute Gasteiger partial charge is 0.476 e. The Kier molecular flexibility index (Phi) is 4.18. The Morgan fingerprint density at radius 2 is 2.15 bits per heavy atom. The zero-order valence-corrected chi connectivity index (χ0v) is 10.8. The van der Waals surface area contributed by atoms with Crippen molar-refractivity contribution >= 4 is 16.8 Å². The summed E-state index contributed by atoms with van der Waals surface area (Å²) >= 11 is 0. The fraction of sp³-hybridized carbons (Fsp3) is 0.182. The highest BCUT2D eigenvalue weighted by atomic mass is 32.2. The minimum Gasteiger partial charge on any atom is -0.476 e. The van der Waals surface area contributed by atoms with E-state index in [-0.39, 0.29) is 22.9 Å². The van der Waals surface area contributed by atoms with E-state index in [0.29, 0.717) is 6.07 Å². The average molecular weight is 301 g/mol. The molecule has 0 saturated carbocycles. The van der Waals surface area contributed by atoms with Gasteiger partial charge in [0.05, 0.1) is 28.4 Å². The molecule has 0 aliphatic heterocycles. The number of carboxylic acids is 1. The van der Waals surface area contributed by atoms with Crippen molar-refractivity contribution in [2.45, 2.75) is 11.4 Å². The van der Waals surface area contributed by atoms with Gasteiger partial charge in [-0.25, -0.2) is 13.6 Å². The maximum Gasteiger partial charge on any atom is 0.358 e. The normalized spacial score (nSPS) is 12.3. The summed E-state index contributed by atoms with van der Waals surface area (Å²) in [5.41, 5.74) is -0.233. The molecule has 1 N–H and O–H groups in total. The Bertz CT molecular complexity index is 675. The summed E-state index contributed by atoms with van der Waals surface area (Å²) in [5, 5.41) is 15.6. The lowest BCUT2D eigenvalue weighted by Gasteiger charge is -2.03. The van der Waals surface area contributed by atoms with Crippen LogP contribution in [-0.2, 0) is 17.3 Å². The summed E-state index contributed by atoms with van der Waals surface area (Å²) in [4.78, 5) is 10.5. The van der Waals surface area contributed by atoms with Gasteiger partial charge in [-0.15, -0.1) is 5.10 Å². The number of aromatic nitrogens is 3. The first-order valence-corrected chi connectivity index (χ1v) is 6.76. The molecule has 0 radical (unpaired) electrons. The monoisotopic (exact) mass is 301 g/mol. The third-order valence-electron chi connectivity index (χ3n) is 2.40. The summed E-state index contributed by atoms with van der Waals surface area (Å²) in [6, 6.07) is 2.80. The van der Waals surface area contributed by atoms with E-state index in [9.17, 15) is 17.8 Å². The third kappa shape index (κ3) is 3.23. The van der Waals surface area contributed by atoms with E-state index in [2.05, 4.69) is 10.3 Å². The standard InChI is InChI=1S/C11H9F2N3O3S/c12-7-1-2-10(8(13)5-7)20(19)4-3-16-6-9(11(17)18)14-15-16/h1-2,5-6H,3-4H2,(H,17,18). The number of rotatable bonds is 5. The van der Waals surface area contributed by atoms with Gasteiger partial charge in [0.2, 0.25) is 0 Å². The fourth-order valence-corrected chi connectivity index (χ4v) is 2.52. The van der Waals surface area contributed by atoms with Crippen LogP contribution in [0.1, 0.15) is 10.5 Å². The molecule has 0 aliphatic rings. The molecule has 0 spiro atoms. The first kappa shape index (κ1) is 14.3. The highest BCUT2D eigenvalue weighted by Crippen LogP contribution is 2.14. The van der Waals surface area contributed by atoms with Crippen molar-refractivity contribution in [3.8, 4) is 0 Å². The highest BCUT2D eigenvalue weighted by molar-refractivity contribution is 7.85. The van der Waals surface area contributed by atoms with Crippen molar-refractivity contribution in [2.24, 2.45) is 0 Å². The molecule has 1 unspecified atom stereocenters. The second-order valence-corrected chi connectivity index (χ2v) is 5.34. The van der Waals surface area contributed by atoms with E-state index < -0.39 is 28.4 Å². The van der Waals surface area contributed by atoms with Gasteiger partial charge < -0.3 is 5.11 Å². The predicted molar refractivity (Wildman–Crippen MR) is 64.6 cm³/mol. The van der Waals surface area contributed by atoms with Gasteiger partial charge in [-0.2, -0.15) is 0 Å². The fourth-order valence-electron chi connectivity index (χ4n) is 1.45. The van der Waals surface area contributed by atoms with Crippen LogP contribution in [-0.4, -0.2) is 36.0 Å². The van der Waals surface area contributed by atoms with Crippen LogP contribution >= 0.6 is 0 Å². The van der Waals surface area contributed by atoms with E-state index in [1.54, 1.807) is 0 Å². The van der Waals surface area contributed by atoms with Crippen LogP contribution in [0, 0.1) is 11.6 Å². The van der Waals surface area contributed by atoms with Gasteiger partial charge in [0.15, 0.2) is 5.69 Å². The molecule has 0 bridgehead atoms. The summed E-state index contributed by atoms with van der Waals surface area (Å²) < 4.78 is 39.2. The Balaban J connectivity index is 2.02. The van der Waals surface area contributed by atoms with E-state index in [4.69, 9.17) is 5.11 Å². The van der Waals surface area contributed by atoms with Crippen LogP contribution in [0.15, 0.2) is 29.3 Å². The van der Waals surface area contributed by atoms with Gasteiger partial charge in [-0.1, -0.05) is 5.21 Å². The predicted octanol–water partition coefficient (Wildman–Crippen LogP) is 1.06. The summed E-state index contributed by atoms with van der Waals surface area (Å²) in [7, 11) is -1.68. The topological polar surface area (TPSA) is 85.1 Å². The van der Waals surface area contributed by atoms with Crippen molar-refractivity contribution < 1.29 is 22.9 Å². The number of aryl methyl sites for hydroxylation is 1. The molecule has 0 fully saturated rings. The van der Waals surface area contributed by atoms with Crippen molar-refractivity contribution in [3.63, 3.8) is 0 Å². The molecule has 1 atom stereocenters. The molecular weight excluding hydrogens is 292 g/mol. The number of carboxylic acid groups (broad SMARTS) is 1. The molecule has 106 valence electrons. The second kappa shape index (κ2) is 5.87. The van der Waals surface area contributed by atoms with Crippen molar-refractivity contribution in [2.75, 3.05) is 5.75 Å². The number of carbonyl (C=O) groups is 1. The maximum atomic E-state index is 13.4. The number of hydrogen-bond donors (Lipinski definition) is 1. The third-order valence-corrected chi connectivity index (χ3v) is 3.78. The van der Waals surface area contributed by atoms with Gasteiger partial charge in [-0.05, 0) is 12.1 Å². The van der Waals surface area contributed by atoms with Crippen LogP contribution < -0.4 is 0 Å². The van der Waals surface area contributed by atoms with Crippen LogP contribution in [0.4, 0.5) is 8.78 Å². The Morgan fingerprint density at radius 3 is 2.75 bits per heavy atom. The molecule has 2 aromatic rings. The smallest absolute Gasteiger partial charge is 0.358 e. The Labute approximate surface area is 114 Å². The Hall–Kier alpha value is -2.16. The minimum absolute atomic E-state index is 0.00493. The second-order valence-electron chi connectivity index (χ2n) is 3.80. The average Bonchev–Trinajstić information content (AvgIpc) is 2.85. The van der Waals surface area contributed by atoms with Gasteiger partial charge in [0, 0.05) is 11.8 Å². The molecular formula is C11H9F2N3O3S. The first-order valence-electron chi connectivity index (χ1n) is 5.44. The molecule has 2 rings (SSSR count). The SMILES string of the molecule is O=C(O)c1cn(CCS(=O)c2ccc(F)cc2F)nn1. The van der Waals surface area contributed by atoms with Crippen LogP contribution in [0.2, 0.25) is 0 Å². The van der Waals surface area contributed by atoms with Crippen molar-refractivity contribution in [3.05, 3.63) is 41.7 Å². The molecule has 20 heavy (non-hydrogen) atoms. The lowest BCUT2D eigenvalue weighted by molar-refractivity contribution is 0.0690. The van der Waals surface area contributed by atoms with Gasteiger partial charge in [0.1, 0.15) is 11.6 Å². The molecule has 9 heteroatoms. The molecule has 1 aromatic carbocycles. The molecule has 1 aromatic heterocycles. The number of benzene rings is 1.